The fourth-order valence-electron chi connectivity index (χ4n) is 0.379. The van der Waals surface area contributed by atoms with Crippen LogP contribution in [0, 0.1) is 0 Å². The number of hydrogen-bond acceptors (Lipinski definition) is 3. The Morgan fingerprint density at radius 2 is 2.62 bits per heavy atom. The second-order valence-electron chi connectivity index (χ2n) is 1.21. The van der Waals surface area contributed by atoms with Crippen molar-refractivity contribution in [2.24, 2.45) is 0 Å². The van der Waals surface area contributed by atoms with Crippen LogP contribution in [0.3, 0.4) is 0 Å². The Balaban J connectivity index is 2.41. The summed E-state index contributed by atoms with van der Waals surface area (Å²) in [7, 11) is 0. The van der Waals surface area contributed by atoms with E-state index in [9.17, 15) is 8.76 Å². The zero-order chi connectivity index (χ0) is 5.98. The Morgan fingerprint density at radius 1 is 1.88 bits per heavy atom. The average Bonchev–Trinajstić information content (AvgIpc) is 2.12. The van der Waals surface area contributed by atoms with Crippen LogP contribution in [0.2, 0.25) is 0 Å². The molecule has 46 valence electrons. The van der Waals surface area contributed by atoms with Crippen LogP contribution < -0.4 is 0 Å². The quantitative estimate of drug-likeness (QED) is 0.456. The van der Waals surface area contributed by atoms with Crippen LogP contribution in [0.1, 0.15) is 0 Å². The molecule has 0 fully saturated rings. The summed E-state index contributed by atoms with van der Waals surface area (Å²) in [5.41, 5.74) is 0. The summed E-state index contributed by atoms with van der Waals surface area (Å²) in [6.45, 7) is 0.316. The third kappa shape index (κ3) is 1.06. The molecular formula is C3H4NO3S-. The van der Waals surface area contributed by atoms with Crippen LogP contribution >= 0.6 is 0 Å². The Labute approximate surface area is 49.1 Å². The molecule has 0 amide bonds. The smallest absolute Gasteiger partial charge is 0.110 e. The van der Waals surface area contributed by atoms with Crippen LogP contribution in [0.5, 0.6) is 0 Å². The van der Waals surface area contributed by atoms with Crippen molar-refractivity contribution in [2.45, 2.75) is 0 Å². The van der Waals surface area contributed by atoms with E-state index in [0.29, 0.717) is 6.54 Å². The normalized spacial score (nSPS) is 23.1. The Bertz CT molecular complexity index is 126. The monoisotopic (exact) mass is 134 g/mol. The van der Waals surface area contributed by atoms with Gasteiger partial charge in [0.05, 0.1) is 17.8 Å². The van der Waals surface area contributed by atoms with Gasteiger partial charge in [0, 0.05) is 0 Å². The fraction of sp³-hybridized carbons (Fsp3) is 0.333. The van der Waals surface area contributed by atoms with Crippen molar-refractivity contribution in [3.63, 3.8) is 0 Å². The SMILES string of the molecule is O=S([O-])N1CC=CO1. The predicted octanol–water partition coefficient (Wildman–Crippen LogP) is -0.459. The summed E-state index contributed by atoms with van der Waals surface area (Å²) >= 11 is -2.24. The maximum atomic E-state index is 9.96. The van der Waals surface area contributed by atoms with Gasteiger partial charge in [-0.15, -0.1) is 0 Å². The lowest BCUT2D eigenvalue weighted by atomic mass is 10.7. The maximum Gasteiger partial charge on any atom is 0.110 e. The van der Waals surface area contributed by atoms with Gasteiger partial charge in [-0.2, -0.15) is 0 Å². The minimum absolute atomic E-state index is 0.316. The summed E-state index contributed by atoms with van der Waals surface area (Å²) in [5, 5.41) is 0. The lowest BCUT2D eigenvalue weighted by Crippen LogP contribution is -2.19. The molecule has 0 saturated heterocycles. The molecule has 0 N–H and O–H groups in total. The van der Waals surface area contributed by atoms with Crippen LogP contribution in [0.4, 0.5) is 0 Å². The molecule has 0 aliphatic carbocycles. The van der Waals surface area contributed by atoms with E-state index in [1.807, 2.05) is 0 Å². The van der Waals surface area contributed by atoms with Crippen LogP contribution in [0.25, 0.3) is 0 Å². The van der Waals surface area contributed by atoms with E-state index in [2.05, 4.69) is 4.84 Å². The van der Waals surface area contributed by atoms with Gasteiger partial charge in [0.1, 0.15) is 6.26 Å². The molecule has 5 heteroatoms. The van der Waals surface area contributed by atoms with Crippen molar-refractivity contribution in [1.82, 2.24) is 4.47 Å². The highest BCUT2D eigenvalue weighted by Gasteiger charge is 2.05. The molecule has 0 aromatic carbocycles. The van der Waals surface area contributed by atoms with E-state index in [1.165, 1.54) is 6.26 Å². The third-order valence-electron chi connectivity index (χ3n) is 0.695. The van der Waals surface area contributed by atoms with E-state index in [0.717, 1.165) is 4.47 Å². The molecule has 0 spiro atoms. The molecule has 1 atom stereocenters. The standard InChI is InChI=1S/C3H5NO3S/c5-8(6)4-2-1-3-7-4/h1,3H,2H2,(H,5,6)/p-1. The number of rotatable bonds is 1. The van der Waals surface area contributed by atoms with Gasteiger partial charge in [-0.05, 0) is 6.08 Å². The second kappa shape index (κ2) is 2.25. The summed E-state index contributed by atoms with van der Waals surface area (Å²) in [4.78, 5) is 4.45. The Hall–Kier alpha value is -0.390. The first-order valence-corrected chi connectivity index (χ1v) is 3.02. The first kappa shape index (κ1) is 5.74. The Morgan fingerprint density at radius 3 is 2.88 bits per heavy atom. The molecule has 1 unspecified atom stereocenters. The van der Waals surface area contributed by atoms with E-state index < -0.39 is 11.3 Å². The summed E-state index contributed by atoms with van der Waals surface area (Å²) in [6.07, 6.45) is 2.94. The van der Waals surface area contributed by atoms with Gasteiger partial charge in [-0.25, -0.2) is 0 Å². The molecule has 1 aliphatic rings. The Kier molecular flexibility index (Phi) is 1.62. The van der Waals surface area contributed by atoms with Crippen LogP contribution in [0.15, 0.2) is 12.3 Å². The van der Waals surface area contributed by atoms with E-state index in [1.54, 1.807) is 6.08 Å². The highest BCUT2D eigenvalue weighted by Crippen LogP contribution is 2.01. The molecule has 4 nitrogen and oxygen atoms in total. The summed E-state index contributed by atoms with van der Waals surface area (Å²) in [6, 6.07) is 0. The minimum Gasteiger partial charge on any atom is -0.757 e. The molecule has 0 saturated carbocycles. The molecule has 1 heterocycles. The maximum absolute atomic E-state index is 9.96. The van der Waals surface area contributed by atoms with Crippen LogP contribution in [-0.2, 0) is 16.1 Å². The number of hydrogen-bond donors (Lipinski definition) is 0. The summed E-state index contributed by atoms with van der Waals surface area (Å²) < 4.78 is 20.8. The zero-order valence-corrected chi connectivity index (χ0v) is 4.76. The topological polar surface area (TPSA) is 52.6 Å². The summed E-state index contributed by atoms with van der Waals surface area (Å²) in [5.74, 6) is 0. The van der Waals surface area contributed by atoms with Gasteiger partial charge in [-0.3, -0.25) is 4.21 Å². The van der Waals surface area contributed by atoms with E-state index in [4.69, 9.17) is 0 Å². The first-order chi connectivity index (χ1) is 3.80. The van der Waals surface area contributed by atoms with Crippen molar-refractivity contribution in [1.29, 1.82) is 0 Å². The molecule has 0 bridgehead atoms. The molecule has 1 rings (SSSR count). The highest BCUT2D eigenvalue weighted by atomic mass is 32.2. The molecular weight excluding hydrogens is 130 g/mol. The van der Waals surface area contributed by atoms with Crippen molar-refractivity contribution in [3.8, 4) is 0 Å². The van der Waals surface area contributed by atoms with Crippen molar-refractivity contribution < 1.29 is 13.6 Å². The van der Waals surface area contributed by atoms with Crippen LogP contribution in [-0.4, -0.2) is 19.8 Å². The third-order valence-corrected chi connectivity index (χ3v) is 1.26. The molecule has 0 aromatic rings. The van der Waals surface area contributed by atoms with Gasteiger partial charge >= 0.3 is 0 Å². The first-order valence-electron chi connectivity index (χ1n) is 1.99. The van der Waals surface area contributed by atoms with Gasteiger partial charge in [0.15, 0.2) is 0 Å². The van der Waals surface area contributed by atoms with E-state index >= 15 is 0 Å². The number of nitrogens with zero attached hydrogens (tertiary/aromatic N) is 1. The van der Waals surface area contributed by atoms with Crippen molar-refractivity contribution in [3.05, 3.63) is 12.3 Å². The van der Waals surface area contributed by atoms with Crippen molar-refractivity contribution >= 4 is 11.3 Å². The zero-order valence-electron chi connectivity index (χ0n) is 3.94. The second-order valence-corrected chi connectivity index (χ2v) is 2.05. The largest absolute Gasteiger partial charge is 0.757 e. The minimum atomic E-state index is -2.24. The fourth-order valence-corrected chi connectivity index (χ4v) is 0.707. The number of hydroxylamine groups is 1. The van der Waals surface area contributed by atoms with Gasteiger partial charge in [0.25, 0.3) is 0 Å². The van der Waals surface area contributed by atoms with Gasteiger partial charge in [0.2, 0.25) is 0 Å². The lowest BCUT2D eigenvalue weighted by molar-refractivity contribution is 0.0135. The van der Waals surface area contributed by atoms with Gasteiger partial charge < -0.3 is 9.39 Å². The van der Waals surface area contributed by atoms with Crippen molar-refractivity contribution in [2.75, 3.05) is 6.54 Å². The molecule has 0 aromatic heterocycles. The predicted molar refractivity (Wildman–Crippen MR) is 25.9 cm³/mol. The lowest BCUT2D eigenvalue weighted by Gasteiger charge is -2.14. The molecule has 1 aliphatic heterocycles. The average molecular weight is 134 g/mol. The van der Waals surface area contributed by atoms with Gasteiger partial charge in [-0.1, -0.05) is 4.47 Å². The highest BCUT2D eigenvalue weighted by molar-refractivity contribution is 7.76. The molecule has 8 heavy (non-hydrogen) atoms. The van der Waals surface area contributed by atoms with E-state index in [-0.39, 0.29) is 0 Å². The molecule has 0 radical (unpaired) electrons.